The molecule has 2 N–H and O–H groups in total. The maximum Gasteiger partial charge on any atom is 0.421 e. The molecular formula is C23H38N2O8S. The van der Waals surface area contributed by atoms with E-state index in [-0.39, 0.29) is 19.3 Å². The van der Waals surface area contributed by atoms with Gasteiger partial charge in [0.05, 0.1) is 19.3 Å². The first-order valence-electron chi connectivity index (χ1n) is 11.8. The van der Waals surface area contributed by atoms with Crippen LogP contribution in [0.3, 0.4) is 0 Å². The van der Waals surface area contributed by atoms with E-state index in [1.807, 2.05) is 22.9 Å². The predicted octanol–water partition coefficient (Wildman–Crippen LogP) is 2.95. The molecule has 0 atom stereocenters. The molecule has 194 valence electrons. The van der Waals surface area contributed by atoms with E-state index in [1.54, 1.807) is 7.11 Å². The Morgan fingerprint density at radius 1 is 1.00 bits per heavy atom. The molecule has 0 aromatic heterocycles. The van der Waals surface area contributed by atoms with Gasteiger partial charge < -0.3 is 23.7 Å². The molecule has 1 aliphatic carbocycles. The molecule has 1 fully saturated rings. The molecule has 0 bridgehead atoms. The van der Waals surface area contributed by atoms with Crippen LogP contribution in [0.1, 0.15) is 50.5 Å². The summed E-state index contributed by atoms with van der Waals surface area (Å²) >= 11 is 0. The molecule has 0 spiro atoms. The Kier molecular flexibility index (Phi) is 13.0. The number of nitrogens with one attached hydrogen (secondary N) is 2. The lowest BCUT2D eigenvalue weighted by Crippen LogP contribution is -2.41. The fourth-order valence-electron chi connectivity index (χ4n) is 3.57. The van der Waals surface area contributed by atoms with E-state index in [9.17, 15) is 13.2 Å². The second-order valence-corrected chi connectivity index (χ2v) is 9.57. The lowest BCUT2D eigenvalue weighted by molar-refractivity contribution is 0.142. The van der Waals surface area contributed by atoms with Gasteiger partial charge in [-0.15, -0.1) is 0 Å². The molecule has 2 rings (SSSR count). The van der Waals surface area contributed by atoms with E-state index in [2.05, 4.69) is 4.72 Å². The highest BCUT2D eigenvalue weighted by Crippen LogP contribution is 2.30. The Balaban J connectivity index is 1.84. The third-order valence-electron chi connectivity index (χ3n) is 5.30. The van der Waals surface area contributed by atoms with Crippen LogP contribution < -0.4 is 18.9 Å². The molecule has 0 heterocycles. The van der Waals surface area contributed by atoms with Crippen molar-refractivity contribution >= 4 is 16.3 Å². The van der Waals surface area contributed by atoms with Gasteiger partial charge in [-0.2, -0.15) is 13.1 Å². The van der Waals surface area contributed by atoms with Gasteiger partial charge in [0.2, 0.25) is 0 Å². The van der Waals surface area contributed by atoms with Gasteiger partial charge in [-0.3, -0.25) is 0 Å². The number of ether oxygens (including phenoxy) is 5. The van der Waals surface area contributed by atoms with Crippen LogP contribution in [-0.4, -0.2) is 67.8 Å². The summed E-state index contributed by atoms with van der Waals surface area (Å²) < 4.78 is 54.7. The maximum atomic E-state index is 11.8. The Hall–Kier alpha value is -2.08. The monoisotopic (exact) mass is 502 g/mol. The molecule has 10 nitrogen and oxygen atoms in total. The topological polar surface area (TPSA) is 121 Å². The summed E-state index contributed by atoms with van der Waals surface area (Å²) in [6.45, 7) is 1.59. The smallest absolute Gasteiger partial charge is 0.421 e. The van der Waals surface area contributed by atoms with Crippen LogP contribution >= 0.6 is 0 Å². The van der Waals surface area contributed by atoms with Crippen LogP contribution in [0.15, 0.2) is 18.2 Å². The zero-order valence-corrected chi connectivity index (χ0v) is 21.0. The number of methoxy groups -OCH3 is 2. The fourth-order valence-corrected chi connectivity index (χ4v) is 4.34. The number of aryl methyl sites for hydroxylation is 1. The van der Waals surface area contributed by atoms with Crippen molar-refractivity contribution in [2.75, 3.05) is 47.2 Å². The number of amides is 1. The van der Waals surface area contributed by atoms with Gasteiger partial charge in [-0.1, -0.05) is 12.5 Å². The minimum atomic E-state index is -3.96. The average molecular weight is 503 g/mol. The van der Waals surface area contributed by atoms with Crippen molar-refractivity contribution in [2.24, 2.45) is 0 Å². The number of hydrogen-bond acceptors (Lipinski definition) is 8. The number of carbonyl (C=O) groups is 1. The van der Waals surface area contributed by atoms with Crippen molar-refractivity contribution in [3.63, 3.8) is 0 Å². The average Bonchev–Trinajstić information content (AvgIpc) is 2.81. The number of carbonyl (C=O) groups excluding carboxylic acids is 1. The van der Waals surface area contributed by atoms with Gasteiger partial charge in [0.25, 0.3) is 0 Å². The van der Waals surface area contributed by atoms with E-state index < -0.39 is 16.3 Å². The Morgan fingerprint density at radius 3 is 2.50 bits per heavy atom. The third-order valence-corrected chi connectivity index (χ3v) is 6.32. The Morgan fingerprint density at radius 2 is 1.76 bits per heavy atom. The summed E-state index contributed by atoms with van der Waals surface area (Å²) in [7, 11) is -0.807. The van der Waals surface area contributed by atoms with Gasteiger partial charge >= 0.3 is 16.3 Å². The minimum Gasteiger partial charge on any atom is -0.491 e. The third kappa shape index (κ3) is 11.4. The van der Waals surface area contributed by atoms with Crippen molar-refractivity contribution in [1.29, 1.82) is 0 Å². The van der Waals surface area contributed by atoms with Crippen LogP contribution in [0, 0.1) is 0 Å². The van der Waals surface area contributed by atoms with E-state index >= 15 is 0 Å². The van der Waals surface area contributed by atoms with Crippen LogP contribution in [0.5, 0.6) is 11.5 Å². The van der Waals surface area contributed by atoms with Crippen molar-refractivity contribution in [3.05, 3.63) is 23.8 Å². The lowest BCUT2D eigenvalue weighted by atomic mass is 9.97. The normalized spacial score (nSPS) is 14.5. The highest BCUT2D eigenvalue weighted by Gasteiger charge is 2.18. The first kappa shape index (κ1) is 28.2. The van der Waals surface area contributed by atoms with Gasteiger partial charge in [0.1, 0.15) is 18.1 Å². The van der Waals surface area contributed by atoms with Gasteiger partial charge in [-0.05, 0) is 56.6 Å². The number of hydrogen-bond donors (Lipinski definition) is 2. The summed E-state index contributed by atoms with van der Waals surface area (Å²) in [6.07, 6.45) is 6.42. The predicted molar refractivity (Wildman–Crippen MR) is 128 cm³/mol. The molecular weight excluding hydrogens is 464 g/mol. The minimum absolute atomic E-state index is 0.0694. The summed E-state index contributed by atoms with van der Waals surface area (Å²) in [5, 5.41) is 0. The van der Waals surface area contributed by atoms with E-state index in [1.165, 1.54) is 13.5 Å². The van der Waals surface area contributed by atoms with Crippen LogP contribution in [0.2, 0.25) is 0 Å². The summed E-state index contributed by atoms with van der Waals surface area (Å²) in [5.74, 6) is 1.49. The fraction of sp³-hybridized carbons (Fsp3) is 0.696. The highest BCUT2D eigenvalue weighted by atomic mass is 32.2. The van der Waals surface area contributed by atoms with Gasteiger partial charge in [0, 0.05) is 33.4 Å². The van der Waals surface area contributed by atoms with Crippen molar-refractivity contribution < 1.29 is 36.9 Å². The van der Waals surface area contributed by atoms with Crippen LogP contribution in [-0.2, 0) is 30.8 Å². The van der Waals surface area contributed by atoms with E-state index in [4.69, 9.17) is 23.7 Å². The molecule has 0 saturated heterocycles. The van der Waals surface area contributed by atoms with Crippen molar-refractivity contribution in [1.82, 2.24) is 9.44 Å². The second kappa shape index (κ2) is 15.8. The molecule has 1 aliphatic rings. The van der Waals surface area contributed by atoms with Crippen LogP contribution in [0.4, 0.5) is 4.79 Å². The van der Waals surface area contributed by atoms with E-state index in [0.29, 0.717) is 44.8 Å². The second-order valence-electron chi connectivity index (χ2n) is 8.07. The summed E-state index contributed by atoms with van der Waals surface area (Å²) in [6, 6.07) is 5.73. The van der Waals surface area contributed by atoms with Gasteiger partial charge in [0.15, 0.2) is 0 Å². The first-order chi connectivity index (χ1) is 16.4. The number of benzene rings is 1. The molecule has 1 aromatic carbocycles. The molecule has 0 radical (unpaired) electrons. The first-order valence-corrected chi connectivity index (χ1v) is 13.3. The quantitative estimate of drug-likeness (QED) is 0.331. The summed E-state index contributed by atoms with van der Waals surface area (Å²) in [4.78, 5) is 11.8. The molecule has 1 amide bonds. The Labute approximate surface area is 202 Å². The van der Waals surface area contributed by atoms with E-state index in [0.717, 1.165) is 37.0 Å². The molecule has 1 aromatic rings. The maximum absolute atomic E-state index is 11.8. The highest BCUT2D eigenvalue weighted by molar-refractivity contribution is 7.88. The zero-order valence-electron chi connectivity index (χ0n) is 20.2. The SMILES string of the molecule is COCCCNS(=O)(=O)NC(=O)OCCCc1ccc(OCCOC)cc1OC1CCCCC1. The number of rotatable bonds is 16. The molecule has 0 unspecified atom stereocenters. The van der Waals surface area contributed by atoms with Crippen LogP contribution in [0.25, 0.3) is 0 Å². The molecule has 34 heavy (non-hydrogen) atoms. The zero-order chi connectivity index (χ0) is 24.7. The standard InChI is InChI=1S/C23H38N2O8S/c1-29-14-7-13-24-34(27,28)25-23(26)32-15-6-8-19-11-12-21(31-17-16-30-2)18-22(19)33-20-9-4-3-5-10-20/h11-12,18,20,24H,3-10,13-17H2,1-2H3,(H,25,26). The van der Waals surface area contributed by atoms with Crippen molar-refractivity contribution in [2.45, 2.75) is 57.5 Å². The molecule has 1 saturated carbocycles. The largest absolute Gasteiger partial charge is 0.491 e. The van der Waals surface area contributed by atoms with Crippen molar-refractivity contribution in [3.8, 4) is 11.5 Å². The molecule has 0 aliphatic heterocycles. The van der Waals surface area contributed by atoms with Gasteiger partial charge in [-0.25, -0.2) is 9.52 Å². The lowest BCUT2D eigenvalue weighted by Gasteiger charge is -2.24. The summed E-state index contributed by atoms with van der Waals surface area (Å²) in [5.41, 5.74) is 0.987. The Bertz CT molecular complexity index is 828. The molecule has 11 heteroatoms.